The zero-order chi connectivity index (χ0) is 17.9. The van der Waals surface area contributed by atoms with Gasteiger partial charge in [0.15, 0.2) is 11.4 Å². The van der Waals surface area contributed by atoms with E-state index in [2.05, 4.69) is 28.5 Å². The predicted molar refractivity (Wildman–Crippen MR) is 105 cm³/mol. The molecule has 0 aliphatic carbocycles. The summed E-state index contributed by atoms with van der Waals surface area (Å²) in [5, 5.41) is 4.36. The second-order valence-corrected chi connectivity index (χ2v) is 6.06. The molecule has 0 saturated carbocycles. The standard InChI is InChI=1S/C22H17N3O/c1-15(26)16-9-11-19(12-10-16)24-22-20(17-6-3-2-4-7-17)14-18-8-5-13-23-21(18)25-22/h2-14H,1H3,(H,23,24,25). The first-order valence-corrected chi connectivity index (χ1v) is 8.40. The number of aromatic nitrogens is 2. The van der Waals surface area contributed by atoms with Crippen LogP contribution in [0.5, 0.6) is 0 Å². The van der Waals surface area contributed by atoms with E-state index in [0.29, 0.717) is 11.2 Å². The van der Waals surface area contributed by atoms with Crippen molar-refractivity contribution in [2.75, 3.05) is 5.32 Å². The molecule has 4 heteroatoms. The van der Waals surface area contributed by atoms with Crippen molar-refractivity contribution >= 4 is 28.3 Å². The minimum absolute atomic E-state index is 0.0505. The lowest BCUT2D eigenvalue weighted by Gasteiger charge is -2.13. The van der Waals surface area contributed by atoms with E-state index >= 15 is 0 Å². The van der Waals surface area contributed by atoms with Crippen LogP contribution >= 0.6 is 0 Å². The summed E-state index contributed by atoms with van der Waals surface area (Å²) in [4.78, 5) is 20.5. The van der Waals surface area contributed by atoms with Gasteiger partial charge in [-0.15, -0.1) is 0 Å². The average Bonchev–Trinajstić information content (AvgIpc) is 2.68. The van der Waals surface area contributed by atoms with Gasteiger partial charge >= 0.3 is 0 Å². The van der Waals surface area contributed by atoms with Crippen molar-refractivity contribution in [2.45, 2.75) is 6.92 Å². The van der Waals surface area contributed by atoms with Crippen molar-refractivity contribution in [2.24, 2.45) is 0 Å². The SMILES string of the molecule is CC(=O)c1ccc(Nc2nc3ncccc3cc2-c2ccccc2)cc1. The van der Waals surface area contributed by atoms with E-state index in [0.717, 1.165) is 28.0 Å². The molecule has 2 heterocycles. The van der Waals surface area contributed by atoms with Crippen LogP contribution in [0.1, 0.15) is 17.3 Å². The number of carbonyl (C=O) groups excluding carboxylic acids is 1. The van der Waals surface area contributed by atoms with Crippen molar-refractivity contribution in [3.8, 4) is 11.1 Å². The second-order valence-electron chi connectivity index (χ2n) is 6.06. The zero-order valence-electron chi connectivity index (χ0n) is 14.3. The number of rotatable bonds is 4. The monoisotopic (exact) mass is 339 g/mol. The molecule has 0 atom stereocenters. The molecule has 0 aliphatic heterocycles. The number of nitrogens with one attached hydrogen (secondary N) is 1. The van der Waals surface area contributed by atoms with Gasteiger partial charge in [0.2, 0.25) is 0 Å². The number of carbonyl (C=O) groups is 1. The quantitative estimate of drug-likeness (QED) is 0.516. The van der Waals surface area contributed by atoms with Crippen molar-refractivity contribution in [1.29, 1.82) is 0 Å². The van der Waals surface area contributed by atoms with Gasteiger partial charge in [0.05, 0.1) is 0 Å². The van der Waals surface area contributed by atoms with E-state index in [1.54, 1.807) is 13.1 Å². The smallest absolute Gasteiger partial charge is 0.161 e. The highest BCUT2D eigenvalue weighted by Gasteiger charge is 2.10. The summed E-state index contributed by atoms with van der Waals surface area (Å²) < 4.78 is 0. The number of hydrogen-bond donors (Lipinski definition) is 1. The van der Waals surface area contributed by atoms with E-state index in [9.17, 15) is 4.79 Å². The maximum absolute atomic E-state index is 11.5. The van der Waals surface area contributed by atoms with E-state index in [1.165, 1.54) is 0 Å². The van der Waals surface area contributed by atoms with Gasteiger partial charge in [-0.3, -0.25) is 4.79 Å². The summed E-state index contributed by atoms with van der Waals surface area (Å²) in [7, 11) is 0. The lowest BCUT2D eigenvalue weighted by molar-refractivity contribution is 0.101. The van der Waals surface area contributed by atoms with Crippen LogP contribution in [-0.2, 0) is 0 Å². The Morgan fingerprint density at radius 3 is 2.42 bits per heavy atom. The van der Waals surface area contributed by atoms with Gasteiger partial charge in [-0.05, 0) is 55.0 Å². The van der Waals surface area contributed by atoms with Gasteiger partial charge in [-0.25, -0.2) is 9.97 Å². The topological polar surface area (TPSA) is 54.9 Å². The van der Waals surface area contributed by atoms with E-state index in [4.69, 9.17) is 4.98 Å². The molecule has 126 valence electrons. The summed E-state index contributed by atoms with van der Waals surface area (Å²) in [6, 6.07) is 23.5. The minimum Gasteiger partial charge on any atom is -0.340 e. The Kier molecular flexibility index (Phi) is 4.15. The third-order valence-electron chi connectivity index (χ3n) is 4.23. The highest BCUT2D eigenvalue weighted by Crippen LogP contribution is 2.31. The van der Waals surface area contributed by atoms with Crippen molar-refractivity contribution < 1.29 is 4.79 Å². The van der Waals surface area contributed by atoms with Crippen molar-refractivity contribution in [1.82, 2.24) is 9.97 Å². The van der Waals surface area contributed by atoms with Crippen LogP contribution in [0.2, 0.25) is 0 Å². The number of anilines is 2. The Labute approximate surface area is 151 Å². The van der Waals surface area contributed by atoms with E-state index < -0.39 is 0 Å². The third kappa shape index (κ3) is 3.17. The number of pyridine rings is 2. The number of Topliss-reactive ketones (excluding diaryl/α,β-unsaturated/α-hetero) is 1. The Balaban J connectivity index is 1.80. The molecular weight excluding hydrogens is 322 g/mol. The molecule has 2 aromatic carbocycles. The van der Waals surface area contributed by atoms with Crippen molar-refractivity contribution in [3.63, 3.8) is 0 Å². The van der Waals surface area contributed by atoms with Crippen molar-refractivity contribution in [3.05, 3.63) is 84.6 Å². The summed E-state index contributed by atoms with van der Waals surface area (Å²) in [5.74, 6) is 0.785. The molecule has 4 rings (SSSR count). The van der Waals surface area contributed by atoms with Gasteiger partial charge in [0.1, 0.15) is 5.82 Å². The number of fused-ring (bicyclic) bond motifs is 1. The molecule has 0 bridgehead atoms. The lowest BCUT2D eigenvalue weighted by Crippen LogP contribution is -1.99. The highest BCUT2D eigenvalue weighted by atomic mass is 16.1. The molecule has 4 aromatic rings. The molecule has 0 fully saturated rings. The van der Waals surface area contributed by atoms with Crippen LogP contribution in [0.15, 0.2) is 79.0 Å². The maximum Gasteiger partial charge on any atom is 0.161 e. The fraction of sp³-hybridized carbons (Fsp3) is 0.0455. The maximum atomic E-state index is 11.5. The molecule has 0 unspecified atom stereocenters. The van der Waals surface area contributed by atoms with E-state index in [-0.39, 0.29) is 5.78 Å². The third-order valence-corrected chi connectivity index (χ3v) is 4.23. The lowest BCUT2D eigenvalue weighted by atomic mass is 10.0. The highest BCUT2D eigenvalue weighted by molar-refractivity contribution is 5.94. The minimum atomic E-state index is 0.0505. The van der Waals surface area contributed by atoms with Crippen LogP contribution in [0, 0.1) is 0 Å². The fourth-order valence-electron chi connectivity index (χ4n) is 2.86. The Morgan fingerprint density at radius 2 is 1.69 bits per heavy atom. The number of ketones is 1. The van der Waals surface area contributed by atoms with Gasteiger partial charge in [0, 0.05) is 28.4 Å². The van der Waals surface area contributed by atoms with E-state index in [1.807, 2.05) is 54.6 Å². The van der Waals surface area contributed by atoms with Gasteiger partial charge in [-0.2, -0.15) is 0 Å². The van der Waals surface area contributed by atoms with Crippen LogP contribution in [0.4, 0.5) is 11.5 Å². The van der Waals surface area contributed by atoms with Crippen LogP contribution in [0.25, 0.3) is 22.2 Å². The Hall–Kier alpha value is -3.53. The summed E-state index contributed by atoms with van der Waals surface area (Å²) in [5.41, 5.74) is 4.33. The molecule has 0 amide bonds. The predicted octanol–water partition coefficient (Wildman–Crippen LogP) is 5.24. The summed E-state index contributed by atoms with van der Waals surface area (Å²) >= 11 is 0. The number of benzene rings is 2. The molecule has 0 aliphatic rings. The van der Waals surface area contributed by atoms with Gasteiger partial charge in [-0.1, -0.05) is 30.3 Å². The average molecular weight is 339 g/mol. The first kappa shape index (κ1) is 16.0. The molecule has 2 aromatic heterocycles. The summed E-state index contributed by atoms with van der Waals surface area (Å²) in [6.45, 7) is 1.56. The first-order chi connectivity index (χ1) is 12.7. The molecule has 0 saturated heterocycles. The first-order valence-electron chi connectivity index (χ1n) is 8.40. The molecule has 0 spiro atoms. The van der Waals surface area contributed by atoms with Crippen LogP contribution in [-0.4, -0.2) is 15.8 Å². The molecule has 1 N–H and O–H groups in total. The second kappa shape index (κ2) is 6.76. The zero-order valence-corrected chi connectivity index (χ0v) is 14.3. The normalized spacial score (nSPS) is 10.7. The Bertz CT molecular complexity index is 1070. The molecule has 26 heavy (non-hydrogen) atoms. The number of hydrogen-bond acceptors (Lipinski definition) is 4. The van der Waals surface area contributed by atoms with Gasteiger partial charge in [0.25, 0.3) is 0 Å². The summed E-state index contributed by atoms with van der Waals surface area (Å²) in [6.07, 6.45) is 1.74. The molecule has 4 nitrogen and oxygen atoms in total. The number of nitrogens with zero attached hydrogens (tertiary/aromatic N) is 2. The fourth-order valence-corrected chi connectivity index (χ4v) is 2.86. The van der Waals surface area contributed by atoms with Gasteiger partial charge < -0.3 is 5.32 Å². The molecular formula is C22H17N3O. The van der Waals surface area contributed by atoms with Crippen LogP contribution in [0.3, 0.4) is 0 Å². The van der Waals surface area contributed by atoms with Crippen LogP contribution < -0.4 is 5.32 Å². The Morgan fingerprint density at radius 1 is 0.923 bits per heavy atom. The molecule has 0 radical (unpaired) electrons. The largest absolute Gasteiger partial charge is 0.340 e.